The number of allylic oxidation sites excluding steroid dienone is 2. The van der Waals surface area contributed by atoms with Gasteiger partial charge in [0.15, 0.2) is 5.83 Å². The van der Waals surface area contributed by atoms with E-state index in [0.29, 0.717) is 0 Å². The van der Waals surface area contributed by atoms with Gasteiger partial charge in [0.2, 0.25) is 0 Å². The van der Waals surface area contributed by atoms with Gasteiger partial charge in [-0.2, -0.15) is 9.65 Å². The van der Waals surface area contributed by atoms with Gasteiger partial charge in [-0.05, 0) is 61.3 Å². The molecule has 1 aliphatic rings. The van der Waals surface area contributed by atoms with Crippen molar-refractivity contribution in [1.82, 2.24) is 0 Å². The van der Waals surface area contributed by atoms with Crippen LogP contribution in [0.2, 0.25) is 0 Å². The second-order valence-electron chi connectivity index (χ2n) is 5.35. The van der Waals surface area contributed by atoms with Crippen LogP contribution in [0.1, 0.15) is 37.2 Å². The van der Waals surface area contributed by atoms with Crippen LogP contribution >= 0.6 is 0 Å². The van der Waals surface area contributed by atoms with Crippen molar-refractivity contribution in [3.63, 3.8) is 0 Å². The first-order chi connectivity index (χ1) is 10.4. The van der Waals surface area contributed by atoms with Crippen LogP contribution in [-0.2, 0) is 0 Å². The molecule has 1 saturated carbocycles. The molecule has 0 spiro atoms. The number of benzene rings is 1. The lowest BCUT2D eigenvalue weighted by Gasteiger charge is -2.27. The van der Waals surface area contributed by atoms with Gasteiger partial charge < -0.3 is 4.74 Å². The van der Waals surface area contributed by atoms with E-state index in [4.69, 9.17) is 5.26 Å². The number of nitriles is 1. The molecule has 0 amide bonds. The number of ether oxygens (including phenoxy) is 1. The fraction of sp³-hybridized carbons (Fsp3) is 0.438. The zero-order valence-electron chi connectivity index (χ0n) is 11.7. The summed E-state index contributed by atoms with van der Waals surface area (Å²) in [6.07, 6.45) is -0.160. The number of hydrogen-bond acceptors (Lipinski definition) is 2. The predicted molar refractivity (Wildman–Crippen MR) is 72.6 cm³/mol. The normalized spacial score (nSPS) is 23.0. The van der Waals surface area contributed by atoms with Crippen LogP contribution in [-0.4, -0.2) is 6.36 Å². The Kier molecular flexibility index (Phi) is 5.07. The summed E-state index contributed by atoms with van der Waals surface area (Å²) in [4.78, 5) is 0. The van der Waals surface area contributed by atoms with Crippen LogP contribution in [0.15, 0.2) is 36.2 Å². The Labute approximate surface area is 126 Å². The molecule has 0 aliphatic heterocycles. The number of halogens is 4. The zero-order chi connectivity index (χ0) is 16.2. The summed E-state index contributed by atoms with van der Waals surface area (Å²) in [6, 6.07) is 7.36. The Morgan fingerprint density at radius 3 is 2.23 bits per heavy atom. The third kappa shape index (κ3) is 4.76. The van der Waals surface area contributed by atoms with Gasteiger partial charge in [-0.15, -0.1) is 13.2 Å². The molecule has 0 heterocycles. The van der Waals surface area contributed by atoms with E-state index in [1.54, 1.807) is 12.1 Å². The van der Waals surface area contributed by atoms with E-state index in [1.165, 1.54) is 24.3 Å². The summed E-state index contributed by atoms with van der Waals surface area (Å²) >= 11 is 0. The van der Waals surface area contributed by atoms with Gasteiger partial charge in [0, 0.05) is 0 Å². The Hall–Kier alpha value is -2.03. The largest absolute Gasteiger partial charge is 0.573 e. The van der Waals surface area contributed by atoms with Gasteiger partial charge in [0.05, 0.1) is 0 Å². The SMILES string of the molecule is N#CC(F)=C[C@H]1CC[C@H](c2ccc(OC(F)(F)F)cc2)CC1. The first-order valence-electron chi connectivity index (χ1n) is 7.00. The van der Waals surface area contributed by atoms with Crippen molar-refractivity contribution in [1.29, 1.82) is 5.26 Å². The highest BCUT2D eigenvalue weighted by Crippen LogP contribution is 2.37. The van der Waals surface area contributed by atoms with Crippen molar-refractivity contribution in [3.8, 4) is 11.8 Å². The van der Waals surface area contributed by atoms with Gasteiger partial charge in [-0.3, -0.25) is 0 Å². The molecule has 1 fully saturated rings. The molecule has 1 aromatic rings. The topological polar surface area (TPSA) is 33.0 Å². The molecule has 2 rings (SSSR count). The van der Waals surface area contributed by atoms with Crippen molar-refractivity contribution in [2.75, 3.05) is 0 Å². The van der Waals surface area contributed by atoms with Crippen molar-refractivity contribution in [2.24, 2.45) is 5.92 Å². The summed E-state index contributed by atoms with van der Waals surface area (Å²) in [6.45, 7) is 0. The summed E-state index contributed by atoms with van der Waals surface area (Å²) in [5.74, 6) is -0.681. The highest BCUT2D eigenvalue weighted by molar-refractivity contribution is 5.30. The molecule has 0 radical (unpaired) electrons. The Morgan fingerprint density at radius 2 is 1.73 bits per heavy atom. The average molecular weight is 313 g/mol. The molecular formula is C16H15F4NO. The highest BCUT2D eigenvalue weighted by atomic mass is 19.4. The first kappa shape index (κ1) is 16.3. The molecule has 22 heavy (non-hydrogen) atoms. The summed E-state index contributed by atoms with van der Waals surface area (Å²) < 4.78 is 53.0. The molecular weight excluding hydrogens is 298 g/mol. The Bertz CT molecular complexity index is 563. The number of rotatable bonds is 3. The van der Waals surface area contributed by atoms with E-state index in [-0.39, 0.29) is 17.6 Å². The molecule has 0 unspecified atom stereocenters. The summed E-state index contributed by atoms with van der Waals surface area (Å²) in [7, 11) is 0. The van der Waals surface area contributed by atoms with Crippen LogP contribution in [0.25, 0.3) is 0 Å². The lowest BCUT2D eigenvalue weighted by atomic mass is 9.78. The van der Waals surface area contributed by atoms with E-state index in [0.717, 1.165) is 31.2 Å². The second-order valence-corrected chi connectivity index (χ2v) is 5.35. The molecule has 2 nitrogen and oxygen atoms in total. The maximum absolute atomic E-state index is 12.9. The molecule has 0 saturated heterocycles. The Balaban J connectivity index is 1.93. The van der Waals surface area contributed by atoms with Gasteiger partial charge >= 0.3 is 6.36 Å². The zero-order valence-corrected chi connectivity index (χ0v) is 11.7. The Morgan fingerprint density at radius 1 is 1.14 bits per heavy atom. The van der Waals surface area contributed by atoms with Crippen molar-refractivity contribution >= 4 is 0 Å². The average Bonchev–Trinajstić information content (AvgIpc) is 2.47. The van der Waals surface area contributed by atoms with Crippen LogP contribution < -0.4 is 4.74 Å². The van der Waals surface area contributed by atoms with E-state index >= 15 is 0 Å². The predicted octanol–water partition coefficient (Wildman–Crippen LogP) is 5.24. The minimum absolute atomic E-state index is 0.0590. The minimum Gasteiger partial charge on any atom is -0.406 e. The molecule has 0 N–H and O–H groups in total. The van der Waals surface area contributed by atoms with Gasteiger partial charge in [-0.25, -0.2) is 0 Å². The van der Waals surface area contributed by atoms with Crippen molar-refractivity contribution in [3.05, 3.63) is 41.7 Å². The lowest BCUT2D eigenvalue weighted by Crippen LogP contribution is -2.17. The molecule has 0 bridgehead atoms. The molecule has 6 heteroatoms. The second kappa shape index (κ2) is 6.82. The summed E-state index contributed by atoms with van der Waals surface area (Å²) in [5.41, 5.74) is 0.956. The van der Waals surface area contributed by atoms with Gasteiger partial charge in [0.25, 0.3) is 0 Å². The third-order valence-electron chi connectivity index (χ3n) is 3.85. The monoisotopic (exact) mass is 313 g/mol. The number of alkyl halides is 3. The van der Waals surface area contributed by atoms with Crippen LogP contribution in [0, 0.1) is 17.2 Å². The molecule has 1 aromatic carbocycles. The maximum Gasteiger partial charge on any atom is 0.573 e. The quantitative estimate of drug-likeness (QED) is 0.565. The molecule has 0 aromatic heterocycles. The van der Waals surface area contributed by atoms with Gasteiger partial charge in [-0.1, -0.05) is 12.1 Å². The smallest absolute Gasteiger partial charge is 0.406 e. The van der Waals surface area contributed by atoms with Crippen LogP contribution in [0.3, 0.4) is 0 Å². The first-order valence-corrected chi connectivity index (χ1v) is 7.00. The van der Waals surface area contributed by atoms with Crippen molar-refractivity contribution in [2.45, 2.75) is 38.0 Å². The fourth-order valence-electron chi connectivity index (χ4n) is 2.81. The molecule has 118 valence electrons. The van der Waals surface area contributed by atoms with Crippen molar-refractivity contribution < 1.29 is 22.3 Å². The van der Waals surface area contributed by atoms with E-state index in [9.17, 15) is 17.6 Å². The van der Waals surface area contributed by atoms with E-state index in [1.807, 2.05) is 0 Å². The molecule has 0 atom stereocenters. The summed E-state index contributed by atoms with van der Waals surface area (Å²) in [5, 5.41) is 8.42. The standard InChI is InChI=1S/C16H15F4NO/c17-14(10-21)9-11-1-3-12(4-2-11)13-5-7-15(8-6-13)22-16(18,19)20/h5-9,11-12H,1-4H2/t11-,12-. The third-order valence-corrected chi connectivity index (χ3v) is 3.85. The van der Waals surface area contributed by atoms with Crippen LogP contribution in [0.4, 0.5) is 17.6 Å². The number of hydrogen-bond donors (Lipinski definition) is 0. The number of nitrogens with zero attached hydrogens (tertiary/aromatic N) is 1. The highest BCUT2D eigenvalue weighted by Gasteiger charge is 2.31. The van der Waals surface area contributed by atoms with Crippen LogP contribution in [0.5, 0.6) is 5.75 Å². The minimum atomic E-state index is -4.68. The van der Waals surface area contributed by atoms with Gasteiger partial charge in [0.1, 0.15) is 11.8 Å². The lowest BCUT2D eigenvalue weighted by molar-refractivity contribution is -0.274. The maximum atomic E-state index is 12.9. The molecule has 1 aliphatic carbocycles. The van der Waals surface area contributed by atoms with E-state index in [2.05, 4.69) is 4.74 Å². The van der Waals surface area contributed by atoms with E-state index < -0.39 is 12.2 Å². The fourth-order valence-corrected chi connectivity index (χ4v) is 2.81.